The number of nitrogens with zero attached hydrogens (tertiary/aromatic N) is 3. The highest BCUT2D eigenvalue weighted by molar-refractivity contribution is 6.33. The first-order chi connectivity index (χ1) is 12.4. The molecule has 1 aromatic rings. The van der Waals surface area contributed by atoms with Gasteiger partial charge in [0.25, 0.3) is 0 Å². The topological polar surface area (TPSA) is 106 Å². The molecule has 0 spiro atoms. The minimum atomic E-state index is 0.0659. The summed E-state index contributed by atoms with van der Waals surface area (Å²) in [5, 5.41) is 12.7. The zero-order chi connectivity index (χ0) is 20.1. The normalized spacial score (nSPS) is 13.1. The molecule has 0 saturated carbocycles. The Morgan fingerprint density at radius 1 is 1.42 bits per heavy atom. The fraction of sp³-hybridized carbons (Fsp3) is 0.500. The minimum absolute atomic E-state index is 0.0659. The fourth-order valence-electron chi connectivity index (χ4n) is 2.21. The number of ether oxygens (including phenoxy) is 1. The van der Waals surface area contributed by atoms with Gasteiger partial charge in [-0.25, -0.2) is 4.98 Å². The van der Waals surface area contributed by atoms with Crippen molar-refractivity contribution in [3.63, 3.8) is 0 Å². The van der Waals surface area contributed by atoms with Gasteiger partial charge in [0.1, 0.15) is 16.5 Å². The smallest absolute Gasteiger partial charge is 0.223 e. The van der Waals surface area contributed by atoms with E-state index in [9.17, 15) is 5.11 Å². The first-order valence-corrected chi connectivity index (χ1v) is 8.71. The lowest BCUT2D eigenvalue weighted by Gasteiger charge is -2.21. The predicted octanol–water partition coefficient (Wildman–Crippen LogP) is 3.30. The van der Waals surface area contributed by atoms with Gasteiger partial charge in [-0.1, -0.05) is 50.3 Å². The van der Waals surface area contributed by atoms with Crippen molar-refractivity contribution in [3.05, 3.63) is 36.0 Å². The van der Waals surface area contributed by atoms with Crippen molar-refractivity contribution >= 4 is 29.3 Å². The summed E-state index contributed by atoms with van der Waals surface area (Å²) in [5.41, 5.74) is 6.15. The van der Waals surface area contributed by atoms with Crippen LogP contribution in [0.3, 0.4) is 0 Å². The third-order valence-electron chi connectivity index (χ3n) is 3.56. The Balaban J connectivity index is 0.00000141. The van der Waals surface area contributed by atoms with E-state index in [1.807, 2.05) is 13.8 Å². The van der Waals surface area contributed by atoms with Gasteiger partial charge < -0.3 is 20.9 Å². The second-order valence-electron chi connectivity index (χ2n) is 5.54. The van der Waals surface area contributed by atoms with Gasteiger partial charge >= 0.3 is 0 Å². The lowest BCUT2D eigenvalue weighted by Crippen LogP contribution is -2.24. The molecule has 0 aliphatic carbocycles. The maximum atomic E-state index is 9.31. The number of halogens is 1. The Labute approximate surface area is 161 Å². The van der Waals surface area contributed by atoms with Crippen LogP contribution in [0, 0.1) is 5.92 Å². The SMILES string of the molecule is C=CC=C.CCC(CO)CC(C)Nc1nc(N)nc(Cl)c1C(=NC)OC. The molecular formula is C18H30ClN5O2. The third kappa shape index (κ3) is 7.84. The number of aromatic nitrogens is 2. The summed E-state index contributed by atoms with van der Waals surface area (Å²) in [4.78, 5) is 12.2. The predicted molar refractivity (Wildman–Crippen MR) is 110 cm³/mol. The number of hydrogen-bond acceptors (Lipinski definition) is 7. The highest BCUT2D eigenvalue weighted by Crippen LogP contribution is 2.25. The summed E-state index contributed by atoms with van der Waals surface area (Å²) < 4.78 is 5.22. The van der Waals surface area contributed by atoms with Crippen molar-refractivity contribution in [2.75, 3.05) is 31.8 Å². The fourth-order valence-corrected chi connectivity index (χ4v) is 2.47. The average Bonchev–Trinajstić information content (AvgIpc) is 2.62. The largest absolute Gasteiger partial charge is 0.481 e. The Morgan fingerprint density at radius 3 is 2.46 bits per heavy atom. The number of aliphatic hydroxyl groups is 1. The van der Waals surface area contributed by atoms with Crippen LogP contribution in [0.4, 0.5) is 11.8 Å². The molecule has 26 heavy (non-hydrogen) atoms. The van der Waals surface area contributed by atoms with Gasteiger partial charge in [0.05, 0.1) is 7.11 Å². The lowest BCUT2D eigenvalue weighted by molar-refractivity contribution is 0.211. The van der Waals surface area contributed by atoms with E-state index in [2.05, 4.69) is 33.4 Å². The van der Waals surface area contributed by atoms with Crippen LogP contribution in [0.1, 0.15) is 32.3 Å². The molecule has 0 aromatic carbocycles. The molecule has 2 atom stereocenters. The maximum Gasteiger partial charge on any atom is 0.223 e. The van der Waals surface area contributed by atoms with Gasteiger partial charge in [0.15, 0.2) is 0 Å². The number of allylic oxidation sites excluding steroid dienone is 2. The van der Waals surface area contributed by atoms with E-state index in [0.29, 0.717) is 17.3 Å². The van der Waals surface area contributed by atoms with E-state index in [1.165, 1.54) is 7.11 Å². The number of hydrogen-bond donors (Lipinski definition) is 3. The van der Waals surface area contributed by atoms with E-state index in [1.54, 1.807) is 19.2 Å². The van der Waals surface area contributed by atoms with E-state index < -0.39 is 0 Å². The Kier molecular flexibility index (Phi) is 12.1. The molecule has 0 fully saturated rings. The zero-order valence-corrected chi connectivity index (χ0v) is 16.8. The molecule has 1 rings (SSSR count). The lowest BCUT2D eigenvalue weighted by atomic mass is 9.99. The van der Waals surface area contributed by atoms with Crippen LogP contribution < -0.4 is 11.1 Å². The zero-order valence-electron chi connectivity index (χ0n) is 16.0. The number of anilines is 2. The molecule has 0 radical (unpaired) electrons. The highest BCUT2D eigenvalue weighted by atomic mass is 35.5. The number of aliphatic imine (C=N–C) groups is 1. The number of aliphatic hydroxyl groups excluding tert-OH is 1. The maximum absolute atomic E-state index is 9.31. The molecule has 0 amide bonds. The van der Waals surface area contributed by atoms with Crippen LogP contribution in [0.2, 0.25) is 5.15 Å². The molecule has 2 unspecified atom stereocenters. The Hall–Kier alpha value is -2.12. The molecule has 7 nitrogen and oxygen atoms in total. The molecule has 0 bridgehead atoms. The molecule has 146 valence electrons. The summed E-state index contributed by atoms with van der Waals surface area (Å²) in [6.07, 6.45) is 4.97. The summed E-state index contributed by atoms with van der Waals surface area (Å²) in [7, 11) is 3.10. The van der Waals surface area contributed by atoms with Crippen molar-refractivity contribution in [3.8, 4) is 0 Å². The summed E-state index contributed by atoms with van der Waals surface area (Å²) >= 11 is 6.16. The van der Waals surface area contributed by atoms with Crippen LogP contribution >= 0.6 is 11.6 Å². The number of nitrogens with two attached hydrogens (primary N) is 1. The summed E-state index contributed by atoms with van der Waals surface area (Å²) in [6, 6.07) is 0.0659. The Bertz CT molecular complexity index is 597. The minimum Gasteiger partial charge on any atom is -0.481 e. The number of nitrogens with one attached hydrogen (secondary N) is 1. The second kappa shape index (κ2) is 13.1. The monoisotopic (exact) mass is 383 g/mol. The van der Waals surface area contributed by atoms with E-state index in [-0.39, 0.29) is 29.7 Å². The second-order valence-corrected chi connectivity index (χ2v) is 5.90. The standard InChI is InChI=1S/C14H24ClN5O2.C4H6/c1-5-9(7-21)6-8(2)18-12-10(13(17-3)22-4)11(15)19-14(16)20-12;1-3-4-2/h8-9,21H,5-7H2,1-4H3,(H3,16,18,19,20);3-4H,1-2H2. The van der Waals surface area contributed by atoms with Crippen LogP contribution in [0.15, 0.2) is 30.3 Å². The molecule has 0 saturated heterocycles. The first-order valence-electron chi connectivity index (χ1n) is 8.33. The van der Waals surface area contributed by atoms with Crippen LogP contribution in [-0.2, 0) is 4.74 Å². The van der Waals surface area contributed by atoms with Crippen molar-refractivity contribution < 1.29 is 9.84 Å². The number of nitrogen functional groups attached to an aromatic ring is 1. The molecule has 1 aromatic heterocycles. The molecule has 4 N–H and O–H groups in total. The summed E-state index contributed by atoms with van der Waals surface area (Å²) in [5.74, 6) is 1.10. The first kappa shape index (κ1) is 23.9. The van der Waals surface area contributed by atoms with Gasteiger partial charge in [-0.15, -0.1) is 0 Å². The quantitative estimate of drug-likeness (QED) is 0.275. The molecular weight excluding hydrogens is 354 g/mol. The van der Waals surface area contributed by atoms with Crippen molar-refractivity contribution in [1.82, 2.24) is 9.97 Å². The van der Waals surface area contributed by atoms with Crippen molar-refractivity contribution in [2.45, 2.75) is 32.7 Å². The molecule has 8 heteroatoms. The molecule has 0 aliphatic rings. The van der Waals surface area contributed by atoms with E-state index >= 15 is 0 Å². The van der Waals surface area contributed by atoms with E-state index in [4.69, 9.17) is 22.1 Å². The van der Waals surface area contributed by atoms with Crippen LogP contribution in [0.5, 0.6) is 0 Å². The number of methoxy groups -OCH3 is 1. The Morgan fingerprint density at radius 2 is 2.04 bits per heavy atom. The number of rotatable bonds is 8. The third-order valence-corrected chi connectivity index (χ3v) is 3.84. The molecule has 1 heterocycles. The average molecular weight is 384 g/mol. The van der Waals surface area contributed by atoms with Gasteiger partial charge in [-0.2, -0.15) is 4.98 Å². The highest BCUT2D eigenvalue weighted by Gasteiger charge is 2.20. The van der Waals surface area contributed by atoms with Gasteiger partial charge in [0, 0.05) is 19.7 Å². The van der Waals surface area contributed by atoms with Gasteiger partial charge in [-0.3, -0.25) is 4.99 Å². The van der Waals surface area contributed by atoms with Crippen molar-refractivity contribution in [2.24, 2.45) is 10.9 Å². The molecule has 0 aliphatic heterocycles. The van der Waals surface area contributed by atoms with Gasteiger partial charge in [0.2, 0.25) is 11.8 Å². The van der Waals surface area contributed by atoms with Crippen molar-refractivity contribution in [1.29, 1.82) is 0 Å². The van der Waals surface area contributed by atoms with Gasteiger partial charge in [-0.05, 0) is 19.3 Å². The van der Waals surface area contributed by atoms with E-state index in [0.717, 1.165) is 12.8 Å². The van der Waals surface area contributed by atoms with Crippen LogP contribution in [-0.4, -0.2) is 47.8 Å². The van der Waals surface area contributed by atoms with Crippen LogP contribution in [0.25, 0.3) is 0 Å². The summed E-state index contributed by atoms with van der Waals surface area (Å²) in [6.45, 7) is 10.9.